The fourth-order valence-corrected chi connectivity index (χ4v) is 4.17. The number of carbonyl (C=O) groups is 1. The van der Waals surface area contributed by atoms with Crippen LogP contribution in [-0.2, 0) is 6.54 Å². The van der Waals surface area contributed by atoms with Crippen LogP contribution in [0.4, 0.5) is 11.4 Å². The summed E-state index contributed by atoms with van der Waals surface area (Å²) in [5.74, 6) is -0.0330. The van der Waals surface area contributed by atoms with E-state index in [1.165, 1.54) is 0 Å². The number of nitrogens with zero attached hydrogens (tertiary/aromatic N) is 3. The monoisotopic (exact) mass is 392 g/mol. The van der Waals surface area contributed by atoms with Gasteiger partial charge in [-0.25, -0.2) is 0 Å². The third-order valence-corrected chi connectivity index (χ3v) is 5.54. The van der Waals surface area contributed by atoms with Crippen LogP contribution < -0.4 is 10.2 Å². The number of aryl methyl sites for hydroxylation is 1. The van der Waals surface area contributed by atoms with Gasteiger partial charge < -0.3 is 9.88 Å². The van der Waals surface area contributed by atoms with Crippen molar-refractivity contribution < 1.29 is 4.79 Å². The van der Waals surface area contributed by atoms with Crippen LogP contribution in [0.3, 0.4) is 0 Å². The van der Waals surface area contributed by atoms with Gasteiger partial charge in [-0.05, 0) is 30.3 Å². The normalized spacial score (nSPS) is 15.5. The smallest absolute Gasteiger partial charge is 0.262 e. The number of carbonyl (C=O) groups excluding carboxylic acids is 1. The lowest BCUT2D eigenvalue weighted by molar-refractivity contribution is 0.0975. The Labute approximate surface area is 174 Å². The Morgan fingerprint density at radius 2 is 1.67 bits per heavy atom. The first-order valence-corrected chi connectivity index (χ1v) is 9.97. The molecule has 1 aliphatic heterocycles. The predicted octanol–water partition coefficient (Wildman–Crippen LogP) is 5.33. The molecule has 1 atom stereocenters. The second-order valence-corrected chi connectivity index (χ2v) is 7.31. The highest BCUT2D eigenvalue weighted by Crippen LogP contribution is 2.39. The molecular weight excluding hydrogens is 372 g/mol. The summed E-state index contributed by atoms with van der Waals surface area (Å²) in [4.78, 5) is 15.4. The standard InChI is InChI=1S/C25H20N4O/c26-15-8-16-28-17-21(19-11-5-7-14-23(19)28)24-27-22-13-6-4-12-20(22)25(30)29(24)18-9-2-1-3-10-18/h1-7,9-14,17,24,27H,8,16H2/t24-/m1/s1. The minimum Gasteiger partial charge on any atom is -0.360 e. The molecule has 146 valence electrons. The van der Waals surface area contributed by atoms with E-state index in [0.717, 1.165) is 27.8 Å². The zero-order valence-electron chi connectivity index (χ0n) is 16.3. The maximum absolute atomic E-state index is 13.6. The van der Waals surface area contributed by atoms with Crippen molar-refractivity contribution in [2.75, 3.05) is 10.2 Å². The SMILES string of the molecule is N#CCCn1cc([C@@H]2Nc3ccccc3C(=O)N2c2ccccc2)c2ccccc21. The topological polar surface area (TPSA) is 61.1 Å². The van der Waals surface area contributed by atoms with Crippen LogP contribution in [0.2, 0.25) is 0 Å². The lowest BCUT2D eigenvalue weighted by atomic mass is 10.0. The maximum Gasteiger partial charge on any atom is 0.262 e. The van der Waals surface area contributed by atoms with Crippen LogP contribution in [0.1, 0.15) is 28.5 Å². The molecule has 5 rings (SSSR count). The molecule has 4 aromatic rings. The first kappa shape index (κ1) is 18.0. The molecular formula is C25H20N4O. The summed E-state index contributed by atoms with van der Waals surface area (Å²) in [6.07, 6.45) is 2.14. The number of benzene rings is 3. The predicted molar refractivity (Wildman–Crippen MR) is 118 cm³/mol. The van der Waals surface area contributed by atoms with Gasteiger partial charge in [0.1, 0.15) is 6.17 Å². The zero-order valence-corrected chi connectivity index (χ0v) is 16.3. The summed E-state index contributed by atoms with van der Waals surface area (Å²) in [5, 5.41) is 13.7. The molecule has 30 heavy (non-hydrogen) atoms. The number of hydrogen-bond acceptors (Lipinski definition) is 3. The molecule has 1 N–H and O–H groups in total. The molecule has 0 saturated carbocycles. The van der Waals surface area contributed by atoms with E-state index in [1.54, 1.807) is 0 Å². The van der Waals surface area contributed by atoms with Gasteiger partial charge in [0.25, 0.3) is 5.91 Å². The van der Waals surface area contributed by atoms with E-state index in [1.807, 2.05) is 71.6 Å². The lowest BCUT2D eigenvalue weighted by Crippen LogP contribution is -2.43. The molecule has 3 aromatic carbocycles. The van der Waals surface area contributed by atoms with Gasteiger partial charge in [0.2, 0.25) is 0 Å². The average molecular weight is 392 g/mol. The number of para-hydroxylation sites is 3. The highest BCUT2D eigenvalue weighted by Gasteiger charge is 2.35. The van der Waals surface area contributed by atoms with Gasteiger partial charge >= 0.3 is 0 Å². The van der Waals surface area contributed by atoms with Crippen molar-refractivity contribution in [3.63, 3.8) is 0 Å². The Hall–Kier alpha value is -4.04. The summed E-state index contributed by atoms with van der Waals surface area (Å²) in [7, 11) is 0. The van der Waals surface area contributed by atoms with Gasteiger partial charge in [0.05, 0.1) is 18.1 Å². The largest absolute Gasteiger partial charge is 0.360 e. The lowest BCUT2D eigenvalue weighted by Gasteiger charge is -2.38. The Morgan fingerprint density at radius 3 is 2.50 bits per heavy atom. The summed E-state index contributed by atoms with van der Waals surface area (Å²) >= 11 is 0. The van der Waals surface area contributed by atoms with Gasteiger partial charge in [-0.3, -0.25) is 9.69 Å². The van der Waals surface area contributed by atoms with E-state index >= 15 is 0 Å². The van der Waals surface area contributed by atoms with E-state index in [0.29, 0.717) is 18.5 Å². The number of anilines is 2. The number of amides is 1. The van der Waals surface area contributed by atoms with Gasteiger partial charge in [0, 0.05) is 40.6 Å². The minimum atomic E-state index is -0.358. The molecule has 0 spiro atoms. The fourth-order valence-electron chi connectivity index (χ4n) is 4.17. The first-order chi connectivity index (χ1) is 14.8. The third kappa shape index (κ3) is 2.90. The molecule has 1 aromatic heterocycles. The molecule has 0 aliphatic carbocycles. The highest BCUT2D eigenvalue weighted by molar-refractivity contribution is 6.12. The Bertz CT molecular complexity index is 1270. The molecule has 5 nitrogen and oxygen atoms in total. The van der Waals surface area contributed by atoms with Crippen molar-refractivity contribution in [1.29, 1.82) is 5.26 Å². The minimum absolute atomic E-state index is 0.0330. The maximum atomic E-state index is 13.6. The van der Waals surface area contributed by atoms with Crippen molar-refractivity contribution in [1.82, 2.24) is 4.57 Å². The van der Waals surface area contributed by atoms with Crippen LogP contribution in [0.5, 0.6) is 0 Å². The van der Waals surface area contributed by atoms with E-state index in [4.69, 9.17) is 5.26 Å². The summed E-state index contributed by atoms with van der Waals surface area (Å²) < 4.78 is 2.10. The number of aromatic nitrogens is 1. The van der Waals surface area contributed by atoms with E-state index in [-0.39, 0.29) is 12.1 Å². The summed E-state index contributed by atoms with van der Waals surface area (Å²) in [5.41, 5.74) is 4.39. The summed E-state index contributed by atoms with van der Waals surface area (Å²) in [6.45, 7) is 0.611. The van der Waals surface area contributed by atoms with Crippen molar-refractivity contribution in [3.05, 3.63) is 96.2 Å². The van der Waals surface area contributed by atoms with Crippen LogP contribution in [0.15, 0.2) is 85.1 Å². The Morgan fingerprint density at radius 1 is 0.933 bits per heavy atom. The van der Waals surface area contributed by atoms with Crippen LogP contribution in [0.25, 0.3) is 10.9 Å². The van der Waals surface area contributed by atoms with E-state index in [2.05, 4.69) is 34.3 Å². The van der Waals surface area contributed by atoms with Gasteiger partial charge in [-0.1, -0.05) is 48.5 Å². The molecule has 0 fully saturated rings. The number of hydrogen-bond donors (Lipinski definition) is 1. The first-order valence-electron chi connectivity index (χ1n) is 9.97. The van der Waals surface area contributed by atoms with E-state index in [9.17, 15) is 4.79 Å². The zero-order chi connectivity index (χ0) is 20.5. The molecule has 2 heterocycles. The molecule has 1 aliphatic rings. The van der Waals surface area contributed by atoms with Crippen molar-refractivity contribution >= 4 is 28.2 Å². The second-order valence-electron chi connectivity index (χ2n) is 7.31. The van der Waals surface area contributed by atoms with Crippen molar-refractivity contribution in [3.8, 4) is 6.07 Å². The van der Waals surface area contributed by atoms with Crippen LogP contribution in [0, 0.1) is 11.3 Å². The number of fused-ring (bicyclic) bond motifs is 2. The van der Waals surface area contributed by atoms with Gasteiger partial charge in [-0.2, -0.15) is 5.26 Å². The molecule has 0 saturated heterocycles. The Balaban J connectivity index is 1.70. The van der Waals surface area contributed by atoms with Crippen LogP contribution >= 0.6 is 0 Å². The number of nitriles is 1. The molecule has 0 unspecified atom stereocenters. The number of rotatable bonds is 4. The van der Waals surface area contributed by atoms with Gasteiger partial charge in [-0.15, -0.1) is 0 Å². The van der Waals surface area contributed by atoms with Crippen molar-refractivity contribution in [2.24, 2.45) is 0 Å². The second kappa shape index (κ2) is 7.41. The van der Waals surface area contributed by atoms with Crippen LogP contribution in [-0.4, -0.2) is 10.5 Å². The summed E-state index contributed by atoms with van der Waals surface area (Å²) in [6, 6.07) is 27.7. The molecule has 5 heteroatoms. The van der Waals surface area contributed by atoms with Crippen molar-refractivity contribution in [2.45, 2.75) is 19.1 Å². The molecule has 1 amide bonds. The number of nitrogens with one attached hydrogen (secondary N) is 1. The average Bonchev–Trinajstić information content (AvgIpc) is 3.17. The Kier molecular flexibility index (Phi) is 4.45. The quantitative estimate of drug-likeness (QED) is 0.511. The molecule has 0 bridgehead atoms. The third-order valence-electron chi connectivity index (χ3n) is 5.54. The molecule has 0 radical (unpaired) electrons. The highest BCUT2D eigenvalue weighted by atomic mass is 16.2. The van der Waals surface area contributed by atoms with E-state index < -0.39 is 0 Å². The fraction of sp³-hybridized carbons (Fsp3) is 0.120. The van der Waals surface area contributed by atoms with Gasteiger partial charge in [0.15, 0.2) is 0 Å².